The number of carbonyl (C=O) groups is 13. The van der Waals surface area contributed by atoms with E-state index in [1.807, 2.05) is 0 Å². The molecule has 3 rings (SSSR count). The van der Waals surface area contributed by atoms with Crippen molar-refractivity contribution in [2.75, 3.05) is 50.8 Å². The Balaban J connectivity index is 1.78. The number of thiol groups is 2. The second-order valence-electron chi connectivity index (χ2n) is 24.3. The van der Waals surface area contributed by atoms with Crippen LogP contribution in [0.4, 0.5) is 0 Å². The van der Waals surface area contributed by atoms with Crippen LogP contribution in [0, 0.1) is 22.7 Å². The van der Waals surface area contributed by atoms with Crippen LogP contribution in [0.2, 0.25) is 0 Å². The molecule has 0 aromatic heterocycles. The Morgan fingerprint density at radius 3 is 1.60 bits per heavy atom. The van der Waals surface area contributed by atoms with Crippen LogP contribution in [-0.4, -0.2) is 243 Å². The van der Waals surface area contributed by atoms with Gasteiger partial charge in [-0.1, -0.05) is 70.9 Å². The number of benzene rings is 1. The molecule has 2 saturated heterocycles. The number of hydrogen-bond donors (Lipinski definition) is 22. The van der Waals surface area contributed by atoms with Gasteiger partial charge in [0.15, 0.2) is 11.9 Å². The van der Waals surface area contributed by atoms with Gasteiger partial charge in [-0.2, -0.15) is 25.3 Å². The first kappa shape index (κ1) is 83.7. The molecule has 0 aliphatic carbocycles. The van der Waals surface area contributed by atoms with Crippen molar-refractivity contribution in [3.63, 3.8) is 0 Å². The zero-order valence-corrected chi connectivity index (χ0v) is 57.9. The number of nitrogens with one attached hydrogen (secondary N) is 14. The predicted octanol–water partition coefficient (Wildman–Crippen LogP) is -6.03. The second-order valence-corrected chi connectivity index (χ2v) is 25.0. The van der Waals surface area contributed by atoms with Crippen molar-refractivity contribution in [2.45, 2.75) is 191 Å². The van der Waals surface area contributed by atoms with E-state index in [0.717, 1.165) is 6.92 Å². The van der Waals surface area contributed by atoms with Crippen LogP contribution in [0.1, 0.15) is 111 Å². The maximum Gasteiger partial charge on any atom is 0.326 e. The Morgan fingerprint density at radius 1 is 0.571 bits per heavy atom. The van der Waals surface area contributed by atoms with Gasteiger partial charge in [-0.05, 0) is 82.6 Å². The summed E-state index contributed by atoms with van der Waals surface area (Å²) in [4.78, 5) is 180. The lowest BCUT2D eigenvalue weighted by molar-refractivity contribution is -0.149. The molecule has 548 valence electrons. The highest BCUT2D eigenvalue weighted by Crippen LogP contribution is 2.27. The van der Waals surface area contributed by atoms with Gasteiger partial charge in [0.25, 0.3) is 0 Å². The first-order chi connectivity index (χ1) is 46.3. The highest BCUT2D eigenvalue weighted by molar-refractivity contribution is 7.80. The van der Waals surface area contributed by atoms with Gasteiger partial charge in [0.2, 0.25) is 70.9 Å². The van der Waals surface area contributed by atoms with Crippen LogP contribution in [0.25, 0.3) is 0 Å². The lowest BCUT2D eigenvalue weighted by atomic mass is 9.96. The summed E-state index contributed by atoms with van der Waals surface area (Å²) in [5, 5.41) is 76.2. The number of nitrogens with two attached hydrogens (primary N) is 3. The molecule has 1 aromatic rings. The Kier molecular flexibility index (Phi) is 36.1. The lowest BCUT2D eigenvalue weighted by Gasteiger charge is -2.35. The number of rotatable bonds is 41. The van der Waals surface area contributed by atoms with Crippen LogP contribution < -0.4 is 81.0 Å². The molecule has 0 spiro atoms. The summed E-state index contributed by atoms with van der Waals surface area (Å²) in [6.07, 6.45) is 0.0261. The molecule has 2 aliphatic rings. The average molecular weight is 1420 g/mol. The van der Waals surface area contributed by atoms with Gasteiger partial charge in [-0.15, -0.1) is 0 Å². The quantitative estimate of drug-likeness (QED) is 0.0126. The van der Waals surface area contributed by atoms with Crippen molar-refractivity contribution < 1.29 is 77.6 Å². The second kappa shape index (κ2) is 42.3. The Morgan fingerprint density at radius 2 is 1.06 bits per heavy atom. The molecular formula is C61H101N19O16S2. The third-order valence-electron chi connectivity index (χ3n) is 16.8. The minimum atomic E-state index is -1.81. The zero-order valence-electron chi connectivity index (χ0n) is 56.2. The van der Waals surface area contributed by atoms with Crippen LogP contribution >= 0.6 is 25.3 Å². The molecule has 1 aromatic carbocycles. The fourth-order valence-corrected chi connectivity index (χ4v) is 11.1. The van der Waals surface area contributed by atoms with Gasteiger partial charge in [0.1, 0.15) is 66.5 Å². The van der Waals surface area contributed by atoms with Gasteiger partial charge < -0.3 is 106 Å². The number of amides is 12. The Bertz CT molecular complexity index is 2940. The van der Waals surface area contributed by atoms with Crippen LogP contribution in [0.15, 0.2) is 30.3 Å². The fourth-order valence-electron chi connectivity index (χ4n) is 10.6. The molecular weight excluding hydrogens is 1320 g/mol. The number of guanidine groups is 2. The highest BCUT2D eigenvalue weighted by Gasteiger charge is 2.46. The molecule has 12 amide bonds. The van der Waals surface area contributed by atoms with Gasteiger partial charge in [-0.25, -0.2) is 4.79 Å². The minimum Gasteiger partial charge on any atom is -0.480 e. The van der Waals surface area contributed by atoms with Crippen LogP contribution in [-0.2, 0) is 68.7 Å². The van der Waals surface area contributed by atoms with E-state index in [4.69, 9.17) is 28.0 Å². The van der Waals surface area contributed by atoms with Crippen molar-refractivity contribution in [3.8, 4) is 0 Å². The normalized spacial score (nSPS) is 18.2. The Hall–Kier alpha value is -8.55. The topological polar surface area (TPSA) is 559 Å². The number of nitrogens with zero attached hydrogens (tertiary/aromatic N) is 2. The van der Waals surface area contributed by atoms with Crippen molar-refractivity contribution >= 4 is 114 Å². The summed E-state index contributed by atoms with van der Waals surface area (Å²) >= 11 is 8.20. The van der Waals surface area contributed by atoms with Crippen LogP contribution in [0.5, 0.6) is 0 Å². The monoisotopic (exact) mass is 1420 g/mol. The van der Waals surface area contributed by atoms with Crippen LogP contribution in [0.3, 0.4) is 0 Å². The smallest absolute Gasteiger partial charge is 0.326 e. The van der Waals surface area contributed by atoms with Crippen molar-refractivity contribution in [3.05, 3.63) is 35.9 Å². The predicted molar refractivity (Wildman–Crippen MR) is 365 cm³/mol. The van der Waals surface area contributed by atoms with Gasteiger partial charge in [0.05, 0.1) is 25.3 Å². The van der Waals surface area contributed by atoms with E-state index in [-0.39, 0.29) is 88.6 Å². The lowest BCUT2D eigenvalue weighted by Crippen LogP contribution is -2.62. The molecule has 2 heterocycles. The summed E-state index contributed by atoms with van der Waals surface area (Å²) in [7, 11) is 0. The molecule has 0 unspecified atom stereocenters. The summed E-state index contributed by atoms with van der Waals surface area (Å²) < 4.78 is 0. The van der Waals surface area contributed by atoms with E-state index >= 15 is 0 Å². The van der Waals surface area contributed by atoms with Gasteiger partial charge >= 0.3 is 5.97 Å². The first-order valence-corrected chi connectivity index (χ1v) is 33.9. The number of aliphatic hydroxyl groups is 2. The number of aliphatic hydroxyl groups excluding tert-OH is 2. The molecule has 0 radical (unpaired) electrons. The summed E-state index contributed by atoms with van der Waals surface area (Å²) in [5.74, 6) is -13.6. The van der Waals surface area contributed by atoms with E-state index in [1.165, 1.54) is 16.7 Å². The molecule has 0 bridgehead atoms. The Labute approximate surface area is 580 Å². The third-order valence-corrected chi connectivity index (χ3v) is 17.5. The maximum atomic E-state index is 14.8. The van der Waals surface area contributed by atoms with E-state index in [0.29, 0.717) is 31.2 Å². The molecule has 15 atom stereocenters. The van der Waals surface area contributed by atoms with Crippen molar-refractivity contribution in [1.82, 2.24) is 73.6 Å². The van der Waals surface area contributed by atoms with Crippen molar-refractivity contribution in [2.24, 2.45) is 29.0 Å². The highest BCUT2D eigenvalue weighted by atomic mass is 32.1. The number of likely N-dealkylation sites (tertiary alicyclic amines) is 2. The van der Waals surface area contributed by atoms with E-state index in [2.05, 4.69) is 89.1 Å². The fraction of sp³-hybridized carbons (Fsp3) is 0.656. The largest absolute Gasteiger partial charge is 0.480 e. The molecule has 98 heavy (non-hydrogen) atoms. The summed E-state index contributed by atoms with van der Waals surface area (Å²) in [6, 6.07) is -7.74. The minimum absolute atomic E-state index is 0.00147. The first-order valence-electron chi connectivity index (χ1n) is 32.6. The molecule has 23 N–H and O–H groups in total. The zero-order chi connectivity index (χ0) is 73.5. The van der Waals surface area contributed by atoms with Gasteiger partial charge in [-0.3, -0.25) is 68.4 Å². The standard InChI is InChI=1S/C61H101N19O16S2/c1-7-31(3)45(55(91)75-41(30-98)53(89)73-39(59(95)96)26-35-16-10-9-11-17-35)76-54(90)42-20-14-24-79(42)57(93)43-21-15-25-80(43)58(94)46(32(4)8-2)77-52(88)40(28-81)74-51(87)38(19-13-23-68-61(65)66)72-56(92)47(34(6)82)78-48(84)33(5)70-50(86)37(18-12-22-67-60(63)64)71-44(83)27-69-49(85)36(62)29-97/h9-11,16-17,31-34,36-43,45-47,81-82,97-98H,7-8,12-15,18-30,62H2,1-6H3,(H,69,85)(H,70,86)(H,71,83)(H,72,92)(H,73,89)(H,74,87)(H,75,91)(H,76,90)(H,77,88)(H,78,84)(H,95,96)(H4,63,64,67)(H4,65,66,68)/t31-,32-,33-,34+,36-,37-,38-,39-,40-,41-,42-,43-,45-,46-,47-/m0/s1. The van der Waals surface area contributed by atoms with E-state index in [9.17, 15) is 77.6 Å². The maximum absolute atomic E-state index is 14.8. The molecule has 2 aliphatic heterocycles. The number of hydrogen-bond acceptors (Lipinski definition) is 20. The summed E-state index contributed by atoms with van der Waals surface area (Å²) in [6.45, 7) is 7.94. The number of carbonyl (C=O) groups excluding carboxylic acids is 12. The molecule has 2 fully saturated rings. The molecule has 0 saturated carbocycles. The summed E-state index contributed by atoms with van der Waals surface area (Å²) in [5.41, 5.74) is 17.1. The molecule has 35 nitrogen and oxygen atoms in total. The number of aliphatic carboxylic acids is 1. The number of carboxylic acids is 1. The number of carboxylic acid groups (broad SMARTS) is 1. The van der Waals surface area contributed by atoms with Gasteiger partial charge in [0, 0.05) is 44.1 Å². The molecule has 37 heteroatoms. The SMILES string of the molecule is CC[C@H](C)[C@H](NC(=O)[C@@H]1CCCN1C(=O)[C@@H]1CCCN1C(=O)[C@@H](NC(=O)[C@H](CO)NC(=O)[C@H](CCCNC(=N)N)NC(=O)[C@@H](NC(=O)[C@H](C)NC(=O)[C@H](CCCNC(=N)N)NC(=O)CNC(=O)[C@@H](N)CS)[C@@H](C)O)[C@@H](C)CC)C(=O)N[C@@H](CS)C(=O)N[C@@H](Cc1ccccc1)C(=O)O. The van der Waals surface area contributed by atoms with E-state index < -0.39 is 186 Å². The van der Waals surface area contributed by atoms with E-state index in [1.54, 1.807) is 58.0 Å². The average Bonchev–Trinajstić information content (AvgIpc) is 1.14. The van der Waals surface area contributed by atoms with Crippen molar-refractivity contribution in [1.29, 1.82) is 10.8 Å². The third kappa shape index (κ3) is 26.7.